The van der Waals surface area contributed by atoms with E-state index in [9.17, 15) is 15.2 Å². The average molecular weight is 454 g/mol. The molecule has 0 aliphatic heterocycles. The lowest BCUT2D eigenvalue weighted by Gasteiger charge is -2.16. The average Bonchev–Trinajstić information content (AvgIpc) is 3.35. The van der Waals surface area contributed by atoms with Crippen LogP contribution in [0, 0.1) is 18.3 Å². The van der Waals surface area contributed by atoms with Crippen LogP contribution in [0.4, 0.5) is 5.69 Å². The van der Waals surface area contributed by atoms with Crippen LogP contribution < -0.4 is 5.32 Å². The minimum Gasteiger partial charge on any atom is -0.392 e. The van der Waals surface area contributed by atoms with Gasteiger partial charge in [0.15, 0.2) is 0 Å². The van der Waals surface area contributed by atoms with Crippen molar-refractivity contribution in [1.82, 2.24) is 25.0 Å². The zero-order valence-electron chi connectivity index (χ0n) is 19.0. The highest BCUT2D eigenvalue weighted by atomic mass is 16.3. The van der Waals surface area contributed by atoms with E-state index >= 15 is 0 Å². The number of pyridine rings is 2. The number of aliphatic hydroxyl groups excluding tert-OH is 1. The molecule has 2 N–H and O–H groups in total. The Balaban J connectivity index is 1.59. The van der Waals surface area contributed by atoms with Gasteiger partial charge in [0.05, 0.1) is 47.6 Å². The van der Waals surface area contributed by atoms with E-state index in [1.807, 2.05) is 26.8 Å². The normalized spacial score (nSPS) is 11.1. The van der Waals surface area contributed by atoms with Crippen molar-refractivity contribution >= 4 is 11.6 Å². The molecule has 0 saturated heterocycles. The van der Waals surface area contributed by atoms with Crippen molar-refractivity contribution in [2.45, 2.75) is 32.8 Å². The van der Waals surface area contributed by atoms with E-state index in [2.05, 4.69) is 31.7 Å². The number of rotatable bonds is 6. The smallest absolute Gasteiger partial charge is 0.255 e. The van der Waals surface area contributed by atoms with Crippen molar-refractivity contribution in [3.8, 4) is 23.0 Å². The summed E-state index contributed by atoms with van der Waals surface area (Å²) in [5, 5.41) is 30.0. The Kier molecular flexibility index (Phi) is 6.17. The third-order valence-electron chi connectivity index (χ3n) is 5.46. The highest BCUT2D eigenvalue weighted by molar-refractivity contribution is 6.04. The summed E-state index contributed by atoms with van der Waals surface area (Å²) >= 11 is 0. The van der Waals surface area contributed by atoms with E-state index in [0.29, 0.717) is 33.9 Å². The van der Waals surface area contributed by atoms with Crippen LogP contribution in [-0.2, 0) is 12.0 Å². The molecule has 1 amide bonds. The molecule has 3 heterocycles. The molecule has 9 heteroatoms. The van der Waals surface area contributed by atoms with Crippen LogP contribution in [0.15, 0.2) is 61.2 Å². The highest BCUT2D eigenvalue weighted by Gasteiger charge is 2.21. The van der Waals surface area contributed by atoms with Gasteiger partial charge in [-0.05, 0) is 56.2 Å². The molecule has 3 aromatic heterocycles. The lowest BCUT2D eigenvalue weighted by molar-refractivity contribution is 0.102. The van der Waals surface area contributed by atoms with Crippen LogP contribution in [-0.4, -0.2) is 36.0 Å². The molecule has 4 aromatic rings. The van der Waals surface area contributed by atoms with Crippen LogP contribution in [0.2, 0.25) is 0 Å². The van der Waals surface area contributed by atoms with Gasteiger partial charge in [-0.15, -0.1) is 5.10 Å². The predicted octanol–water partition coefficient (Wildman–Crippen LogP) is 3.58. The molecule has 9 nitrogen and oxygen atoms in total. The Morgan fingerprint density at radius 2 is 2.03 bits per heavy atom. The largest absolute Gasteiger partial charge is 0.392 e. The molecule has 0 bridgehead atoms. The zero-order valence-corrected chi connectivity index (χ0v) is 19.0. The molecule has 1 aromatic carbocycles. The van der Waals surface area contributed by atoms with Crippen molar-refractivity contribution in [3.05, 3.63) is 83.6 Å². The van der Waals surface area contributed by atoms with Gasteiger partial charge >= 0.3 is 0 Å². The van der Waals surface area contributed by atoms with E-state index in [4.69, 9.17) is 0 Å². The van der Waals surface area contributed by atoms with Gasteiger partial charge in [-0.2, -0.15) is 5.26 Å². The number of aryl methyl sites for hydroxylation is 1. The summed E-state index contributed by atoms with van der Waals surface area (Å²) in [7, 11) is 0. The minimum atomic E-state index is -0.702. The molecule has 0 aliphatic rings. The van der Waals surface area contributed by atoms with Gasteiger partial charge in [-0.1, -0.05) is 17.3 Å². The Morgan fingerprint density at radius 3 is 2.79 bits per heavy atom. The maximum Gasteiger partial charge on any atom is 0.255 e. The zero-order chi connectivity index (χ0) is 24.3. The predicted molar refractivity (Wildman–Crippen MR) is 126 cm³/mol. The van der Waals surface area contributed by atoms with Gasteiger partial charge < -0.3 is 10.4 Å². The Morgan fingerprint density at radius 1 is 1.21 bits per heavy atom. The summed E-state index contributed by atoms with van der Waals surface area (Å²) in [5.74, 6) is -0.307. The van der Waals surface area contributed by atoms with Crippen molar-refractivity contribution in [3.63, 3.8) is 0 Å². The van der Waals surface area contributed by atoms with Gasteiger partial charge in [0.1, 0.15) is 5.69 Å². The van der Waals surface area contributed by atoms with Crippen molar-refractivity contribution in [2.75, 3.05) is 5.32 Å². The molecule has 0 spiro atoms. The number of anilines is 1. The molecule has 0 radical (unpaired) electrons. The molecule has 0 saturated carbocycles. The van der Waals surface area contributed by atoms with Crippen LogP contribution in [0.25, 0.3) is 16.9 Å². The number of aromatic nitrogens is 5. The van der Waals surface area contributed by atoms with Gasteiger partial charge in [-0.25, -0.2) is 4.68 Å². The number of aliphatic hydroxyl groups is 1. The topological polar surface area (TPSA) is 130 Å². The Hall–Kier alpha value is -4.42. The van der Waals surface area contributed by atoms with E-state index < -0.39 is 5.41 Å². The summed E-state index contributed by atoms with van der Waals surface area (Å²) < 4.78 is 1.58. The van der Waals surface area contributed by atoms with Crippen molar-refractivity contribution in [2.24, 2.45) is 0 Å². The molecule has 0 unspecified atom stereocenters. The summed E-state index contributed by atoms with van der Waals surface area (Å²) in [4.78, 5) is 21.4. The summed E-state index contributed by atoms with van der Waals surface area (Å²) in [6, 6.07) is 12.8. The van der Waals surface area contributed by atoms with Crippen LogP contribution in [0.5, 0.6) is 0 Å². The fraction of sp³-hybridized carbons (Fsp3) is 0.200. The molecule has 0 fully saturated rings. The SMILES string of the molecule is Cc1ncc(NC(=O)c2cccc(C(C)(C)C#N)c2)cc1-n1cc(-c2cncc(CO)c2)nn1. The number of amides is 1. The third kappa shape index (κ3) is 4.67. The summed E-state index contributed by atoms with van der Waals surface area (Å²) in [6.07, 6.45) is 6.55. The van der Waals surface area contributed by atoms with Crippen molar-refractivity contribution in [1.29, 1.82) is 5.26 Å². The molecular formula is C25H23N7O2. The summed E-state index contributed by atoms with van der Waals surface area (Å²) in [5.41, 5.74) is 4.36. The number of nitrogens with one attached hydrogen (secondary N) is 1. The second-order valence-corrected chi connectivity index (χ2v) is 8.39. The molecule has 0 atom stereocenters. The van der Waals surface area contributed by atoms with E-state index in [1.165, 1.54) is 0 Å². The summed E-state index contributed by atoms with van der Waals surface area (Å²) in [6.45, 7) is 5.34. The number of carbonyl (C=O) groups excluding carboxylic acids is 1. The fourth-order valence-electron chi connectivity index (χ4n) is 3.37. The first kappa shape index (κ1) is 22.8. The number of nitriles is 1. The minimum absolute atomic E-state index is 0.114. The monoisotopic (exact) mass is 453 g/mol. The first-order valence-electron chi connectivity index (χ1n) is 10.6. The number of nitrogens with zero attached hydrogens (tertiary/aromatic N) is 6. The highest BCUT2D eigenvalue weighted by Crippen LogP contribution is 2.24. The van der Waals surface area contributed by atoms with E-state index in [0.717, 1.165) is 11.1 Å². The number of benzene rings is 1. The van der Waals surface area contributed by atoms with Gasteiger partial charge in [0.25, 0.3) is 5.91 Å². The number of carbonyl (C=O) groups is 1. The van der Waals surface area contributed by atoms with E-state index in [1.54, 1.807) is 59.8 Å². The first-order valence-corrected chi connectivity index (χ1v) is 10.6. The first-order chi connectivity index (χ1) is 16.3. The Bertz CT molecular complexity index is 1400. The lowest BCUT2D eigenvalue weighted by Crippen LogP contribution is -2.17. The van der Waals surface area contributed by atoms with Gasteiger partial charge in [0, 0.05) is 23.5 Å². The third-order valence-corrected chi connectivity index (χ3v) is 5.46. The lowest BCUT2D eigenvalue weighted by atomic mass is 9.85. The quantitative estimate of drug-likeness (QED) is 0.456. The molecule has 170 valence electrons. The second kappa shape index (κ2) is 9.21. The Labute approximate surface area is 196 Å². The van der Waals surface area contributed by atoms with Crippen molar-refractivity contribution < 1.29 is 9.90 Å². The molecular weight excluding hydrogens is 430 g/mol. The molecule has 4 rings (SSSR count). The molecule has 34 heavy (non-hydrogen) atoms. The number of hydrogen-bond acceptors (Lipinski definition) is 7. The maximum atomic E-state index is 12.9. The van der Waals surface area contributed by atoms with Crippen LogP contribution >= 0.6 is 0 Å². The van der Waals surface area contributed by atoms with E-state index in [-0.39, 0.29) is 12.5 Å². The van der Waals surface area contributed by atoms with Gasteiger partial charge in [0.2, 0.25) is 0 Å². The standard InChI is InChI=1S/C25H23N7O2/c1-16-23(32-13-22(30-31-32)19-7-17(14-33)10-27-11-19)9-21(12-28-16)29-24(34)18-5-4-6-20(8-18)25(2,3)15-26/h4-13,33H,14H2,1-3H3,(H,29,34). The fourth-order valence-corrected chi connectivity index (χ4v) is 3.37. The van der Waals surface area contributed by atoms with Gasteiger partial charge in [-0.3, -0.25) is 14.8 Å². The molecule has 0 aliphatic carbocycles. The van der Waals surface area contributed by atoms with Crippen LogP contribution in [0.1, 0.15) is 41.0 Å². The maximum absolute atomic E-state index is 12.9. The number of hydrogen-bond donors (Lipinski definition) is 2. The second-order valence-electron chi connectivity index (χ2n) is 8.39. The van der Waals surface area contributed by atoms with Crippen LogP contribution in [0.3, 0.4) is 0 Å².